The van der Waals surface area contributed by atoms with Crippen molar-refractivity contribution in [2.45, 2.75) is 169 Å². The van der Waals surface area contributed by atoms with E-state index in [2.05, 4.69) is 31.4 Å². The molecule has 8 N–H and O–H groups in total. The lowest BCUT2D eigenvalue weighted by molar-refractivity contribution is -0.153. The van der Waals surface area contributed by atoms with Crippen molar-refractivity contribution in [3.63, 3.8) is 0 Å². The van der Waals surface area contributed by atoms with Gasteiger partial charge in [0.1, 0.15) is 16.8 Å². The van der Waals surface area contributed by atoms with Crippen molar-refractivity contribution in [1.82, 2.24) is 20.4 Å². The molecule has 0 rings (SSSR count). The number of hydrogen-bond acceptors (Lipinski definition) is 14. The molecule has 0 fully saturated rings. The maximum atomic E-state index is 11.6. The Morgan fingerprint density at radius 3 is 1.06 bits per heavy atom. The van der Waals surface area contributed by atoms with Gasteiger partial charge in [0.15, 0.2) is 0 Å². The Labute approximate surface area is 423 Å². The average Bonchev–Trinajstić information content (AvgIpc) is 3.09. The zero-order valence-electron chi connectivity index (χ0n) is 46.8. The topological polar surface area (TPSA) is 274 Å². The SMILES string of the molecule is CCOC(=O)C(C)(C)CN.CCOC(=O)C(C)(C)CNC(=O)OC(C)(C)C.CN(CC(C)(C)C(N)=O)C(=O)OC(C)(C)C.CN(CC(C)(C)C)C(=O)OC(C)(C)C.CNCC(C)(C)C(N)=O.Cl.Cl. The molecule has 0 spiro atoms. The maximum Gasteiger partial charge on any atom is 0.410 e. The van der Waals surface area contributed by atoms with Gasteiger partial charge >= 0.3 is 30.2 Å². The van der Waals surface area contributed by atoms with Gasteiger partial charge in [0.25, 0.3) is 0 Å². The first kappa shape index (κ1) is 78.4. The zero-order chi connectivity index (χ0) is 54.1. The molecule has 0 saturated carbocycles. The quantitative estimate of drug-likeness (QED) is 0.0835. The molecule has 0 radical (unpaired) electrons. The number of amides is 5. The minimum Gasteiger partial charge on any atom is -0.466 e. The van der Waals surface area contributed by atoms with Crippen LogP contribution in [0.15, 0.2) is 0 Å². The van der Waals surface area contributed by atoms with Crippen molar-refractivity contribution < 1.29 is 57.2 Å². The van der Waals surface area contributed by atoms with E-state index >= 15 is 0 Å². The molecule has 0 aromatic rings. The first-order valence-corrected chi connectivity index (χ1v) is 22.2. The van der Waals surface area contributed by atoms with Gasteiger partial charge in [-0.05, 0) is 144 Å². The van der Waals surface area contributed by atoms with Gasteiger partial charge in [0.05, 0.1) is 34.9 Å². The number of primary amides is 2. The number of rotatable bonds is 14. The van der Waals surface area contributed by atoms with Crippen molar-refractivity contribution in [1.29, 1.82) is 0 Å². The van der Waals surface area contributed by atoms with Crippen LogP contribution in [0.5, 0.6) is 0 Å². The summed E-state index contributed by atoms with van der Waals surface area (Å²) in [5.74, 6) is -1.27. The van der Waals surface area contributed by atoms with Crippen molar-refractivity contribution in [3.05, 3.63) is 0 Å². The lowest BCUT2D eigenvalue weighted by Crippen LogP contribution is -2.44. The van der Waals surface area contributed by atoms with E-state index in [0.29, 0.717) is 32.8 Å². The molecule has 0 aromatic heterocycles. The van der Waals surface area contributed by atoms with Gasteiger partial charge in [0, 0.05) is 46.8 Å². The van der Waals surface area contributed by atoms with Crippen LogP contribution in [-0.2, 0) is 42.9 Å². The van der Waals surface area contributed by atoms with Crippen molar-refractivity contribution in [2.24, 2.45) is 44.3 Å². The first-order valence-electron chi connectivity index (χ1n) is 22.2. The van der Waals surface area contributed by atoms with Crippen LogP contribution in [0.25, 0.3) is 0 Å². The zero-order valence-corrected chi connectivity index (χ0v) is 48.4. The van der Waals surface area contributed by atoms with Crippen molar-refractivity contribution >= 4 is 66.8 Å². The van der Waals surface area contributed by atoms with Gasteiger partial charge in [-0.1, -0.05) is 20.8 Å². The van der Waals surface area contributed by atoms with Gasteiger partial charge in [-0.2, -0.15) is 0 Å². The monoisotopic (exact) mass is 1020 g/mol. The largest absolute Gasteiger partial charge is 0.466 e. The minimum absolute atomic E-state index is 0. The maximum absolute atomic E-state index is 11.6. The van der Waals surface area contributed by atoms with Crippen LogP contribution in [0, 0.1) is 27.1 Å². The van der Waals surface area contributed by atoms with E-state index in [1.54, 1.807) is 123 Å². The Morgan fingerprint density at radius 2 is 0.809 bits per heavy atom. The fourth-order valence-electron chi connectivity index (χ4n) is 4.14. The standard InChI is InChI=1S/C12H23NO4.C11H22N2O3.C11H23NO2.C7H15NO2.C6H14N2O.2ClH/c1-7-16-9(14)12(5,6)8-13-10(15)17-11(2,3)4;1-10(2,3)16-9(15)13(6)7-11(4,5)8(12)14;1-10(2,3)8-12(7)9(13)14-11(4,5)6;1-4-10-6(9)7(2,3)5-8;1-6(2,4-8-3)5(7)9;;/h7-8H2,1-6H3,(H,13,15);7H2,1-6H3,(H2,12,14);8H2,1-7H3;4-5,8H2,1-3H3;8H,4H2,1-3H3,(H2,7,9);2*1H. The Bertz CT molecular complexity index is 1500. The summed E-state index contributed by atoms with van der Waals surface area (Å²) in [4.78, 5) is 81.8. The Morgan fingerprint density at radius 1 is 0.485 bits per heavy atom. The smallest absolute Gasteiger partial charge is 0.410 e. The number of ether oxygens (including phenoxy) is 5. The average molecular weight is 1030 g/mol. The van der Waals surface area contributed by atoms with E-state index in [1.807, 2.05) is 34.6 Å². The van der Waals surface area contributed by atoms with E-state index in [-0.39, 0.29) is 67.3 Å². The van der Waals surface area contributed by atoms with E-state index in [1.165, 1.54) is 4.90 Å². The van der Waals surface area contributed by atoms with Crippen LogP contribution in [0.3, 0.4) is 0 Å². The van der Waals surface area contributed by atoms with E-state index in [0.717, 1.165) is 0 Å². The normalized spacial score (nSPS) is 11.6. The number of alkyl carbamates (subject to hydrolysis) is 1. The predicted octanol–water partition coefficient (Wildman–Crippen LogP) is 7.46. The predicted molar refractivity (Wildman–Crippen MR) is 276 cm³/mol. The third kappa shape index (κ3) is 44.7. The van der Waals surface area contributed by atoms with Gasteiger partial charge < -0.3 is 61.3 Å². The molecule has 0 aliphatic heterocycles. The molecular formula is C47H99Cl2N7O12. The number of nitrogens with zero attached hydrogens (tertiary/aromatic N) is 2. The summed E-state index contributed by atoms with van der Waals surface area (Å²) in [6, 6.07) is 0. The van der Waals surface area contributed by atoms with Crippen LogP contribution in [0.2, 0.25) is 0 Å². The molecule has 0 saturated heterocycles. The van der Waals surface area contributed by atoms with Gasteiger partial charge in [-0.15, -0.1) is 24.8 Å². The molecule has 0 unspecified atom stereocenters. The van der Waals surface area contributed by atoms with E-state index in [4.69, 9.17) is 40.9 Å². The highest BCUT2D eigenvalue weighted by Crippen LogP contribution is 2.20. The molecule has 68 heavy (non-hydrogen) atoms. The molecular weight excluding hydrogens is 925 g/mol. The molecule has 408 valence electrons. The fraction of sp³-hybridized carbons (Fsp3) is 0.851. The van der Waals surface area contributed by atoms with Gasteiger partial charge in [-0.25, -0.2) is 14.4 Å². The van der Waals surface area contributed by atoms with E-state index in [9.17, 15) is 33.6 Å². The first-order chi connectivity index (χ1) is 29.1. The Hall–Kier alpha value is -3.81. The summed E-state index contributed by atoms with van der Waals surface area (Å²) in [6.07, 6.45) is -1.25. The summed E-state index contributed by atoms with van der Waals surface area (Å²) in [5, 5.41) is 5.45. The second-order valence-corrected chi connectivity index (χ2v) is 22.5. The number of nitrogens with one attached hydrogen (secondary N) is 2. The number of carbonyl (C=O) groups is 7. The number of carbonyl (C=O) groups excluding carboxylic acids is 7. The van der Waals surface area contributed by atoms with Gasteiger partial charge in [-0.3, -0.25) is 19.2 Å². The summed E-state index contributed by atoms with van der Waals surface area (Å²) >= 11 is 0. The number of esters is 2. The van der Waals surface area contributed by atoms with Gasteiger partial charge in [0.2, 0.25) is 11.8 Å². The number of nitrogens with two attached hydrogens (primary N) is 3. The fourth-order valence-corrected chi connectivity index (χ4v) is 4.14. The highest BCUT2D eigenvalue weighted by molar-refractivity contribution is 5.85. The summed E-state index contributed by atoms with van der Waals surface area (Å²) in [5.41, 5.74) is 11.8. The highest BCUT2D eigenvalue weighted by Gasteiger charge is 2.32. The number of halogens is 2. The third-order valence-corrected chi connectivity index (χ3v) is 7.95. The lowest BCUT2D eigenvalue weighted by atomic mass is 9.92. The molecule has 0 aliphatic rings. The minimum atomic E-state index is -0.758. The highest BCUT2D eigenvalue weighted by atomic mass is 35.5. The molecule has 0 atom stereocenters. The molecule has 0 aliphatic carbocycles. The Kier molecular flexibility index (Phi) is 38.8. The Balaban J connectivity index is -0.000000138. The van der Waals surface area contributed by atoms with E-state index < -0.39 is 56.6 Å². The molecule has 0 bridgehead atoms. The molecule has 0 aromatic carbocycles. The van der Waals surface area contributed by atoms with Crippen LogP contribution >= 0.6 is 24.8 Å². The summed E-state index contributed by atoms with van der Waals surface area (Å²) in [7, 11) is 5.14. The summed E-state index contributed by atoms with van der Waals surface area (Å²) in [6.45, 7) is 42.9. The van der Waals surface area contributed by atoms with Crippen LogP contribution in [-0.4, -0.2) is 136 Å². The molecule has 21 heteroatoms. The lowest BCUT2D eigenvalue weighted by Gasteiger charge is -2.29. The van der Waals surface area contributed by atoms with Crippen molar-refractivity contribution in [3.8, 4) is 0 Å². The second-order valence-electron chi connectivity index (χ2n) is 22.5. The molecule has 5 amide bonds. The van der Waals surface area contributed by atoms with Crippen LogP contribution in [0.4, 0.5) is 14.4 Å². The van der Waals surface area contributed by atoms with Crippen molar-refractivity contribution in [2.75, 3.05) is 67.1 Å². The second kappa shape index (κ2) is 33.7. The third-order valence-electron chi connectivity index (χ3n) is 7.95. The van der Waals surface area contributed by atoms with Crippen LogP contribution in [0.1, 0.15) is 152 Å². The molecule has 19 nitrogen and oxygen atoms in total. The van der Waals surface area contributed by atoms with Crippen LogP contribution < -0.4 is 27.8 Å². The summed E-state index contributed by atoms with van der Waals surface area (Å²) < 4.78 is 25.2. The molecule has 0 heterocycles. The number of hydrogen-bond donors (Lipinski definition) is 5.